The summed E-state index contributed by atoms with van der Waals surface area (Å²) in [6.45, 7) is 4.06. The molecule has 0 spiro atoms. The average molecular weight is 374 g/mol. The number of carbonyl (C=O) groups is 1. The summed E-state index contributed by atoms with van der Waals surface area (Å²) in [5, 5.41) is 2.90. The Kier molecular flexibility index (Phi) is 4.91. The molecule has 3 rings (SSSR count). The van der Waals surface area contributed by atoms with Gasteiger partial charge in [-0.25, -0.2) is 8.42 Å². The van der Waals surface area contributed by atoms with Gasteiger partial charge >= 0.3 is 0 Å². The molecule has 1 N–H and O–H groups in total. The van der Waals surface area contributed by atoms with E-state index in [0.717, 1.165) is 23.1 Å². The lowest BCUT2D eigenvalue weighted by atomic mass is 10.1. The summed E-state index contributed by atoms with van der Waals surface area (Å²) in [6, 6.07) is 12.7. The maximum atomic E-state index is 12.7. The molecule has 0 saturated heterocycles. The molecular weight excluding hydrogens is 352 g/mol. The first-order valence-corrected chi connectivity index (χ1v) is 10.2. The van der Waals surface area contributed by atoms with Crippen LogP contribution in [0.2, 0.25) is 0 Å². The minimum atomic E-state index is -3.46. The molecule has 6 nitrogen and oxygen atoms in total. The van der Waals surface area contributed by atoms with E-state index >= 15 is 0 Å². The number of nitrogens with zero attached hydrogens (tertiary/aromatic N) is 1. The first-order valence-electron chi connectivity index (χ1n) is 8.37. The molecule has 0 aliphatic carbocycles. The van der Waals surface area contributed by atoms with Crippen LogP contribution in [-0.2, 0) is 14.8 Å². The van der Waals surface area contributed by atoms with E-state index in [9.17, 15) is 13.2 Å². The van der Waals surface area contributed by atoms with Crippen LogP contribution in [0.1, 0.15) is 17.5 Å². The Morgan fingerprint density at radius 1 is 1.19 bits per heavy atom. The number of amides is 1. The van der Waals surface area contributed by atoms with Crippen LogP contribution < -0.4 is 14.4 Å². The van der Waals surface area contributed by atoms with Gasteiger partial charge in [-0.1, -0.05) is 24.3 Å². The highest BCUT2D eigenvalue weighted by molar-refractivity contribution is 7.92. The Bertz CT molecular complexity index is 940. The van der Waals surface area contributed by atoms with Crippen LogP contribution in [0.15, 0.2) is 42.5 Å². The predicted molar refractivity (Wildman–Crippen MR) is 102 cm³/mol. The summed E-state index contributed by atoms with van der Waals surface area (Å²) in [6.07, 6.45) is 0.640. The van der Waals surface area contributed by atoms with Crippen LogP contribution in [0.3, 0.4) is 0 Å². The van der Waals surface area contributed by atoms with E-state index in [-0.39, 0.29) is 18.9 Å². The number of rotatable bonds is 3. The van der Waals surface area contributed by atoms with Gasteiger partial charge in [-0.2, -0.15) is 0 Å². The normalized spacial score (nSPS) is 17.0. The van der Waals surface area contributed by atoms with Crippen molar-refractivity contribution in [2.24, 2.45) is 0 Å². The molecule has 2 aromatic carbocycles. The van der Waals surface area contributed by atoms with Gasteiger partial charge in [0, 0.05) is 18.7 Å². The van der Waals surface area contributed by atoms with E-state index < -0.39 is 16.1 Å². The van der Waals surface area contributed by atoms with Gasteiger partial charge in [0.05, 0.1) is 11.9 Å². The molecule has 0 radical (unpaired) electrons. The van der Waals surface area contributed by atoms with Crippen LogP contribution in [0.5, 0.6) is 5.75 Å². The van der Waals surface area contributed by atoms with Crippen molar-refractivity contribution in [3.63, 3.8) is 0 Å². The summed E-state index contributed by atoms with van der Waals surface area (Å²) in [7, 11) is -3.46. The van der Waals surface area contributed by atoms with Gasteiger partial charge in [0.25, 0.3) is 5.91 Å². The lowest BCUT2D eigenvalue weighted by Gasteiger charge is -2.20. The maximum absolute atomic E-state index is 12.7. The van der Waals surface area contributed by atoms with Crippen molar-refractivity contribution >= 4 is 27.3 Å². The molecule has 7 heteroatoms. The standard InChI is InChI=1S/C19H22N2O4S/c1-13-8-9-14(2)15(12-13)20-19(22)18-10-11-21(26(3,23)24)16-6-4-5-7-17(16)25-18/h4-9,12,18H,10-11H2,1-3H3,(H,20,22)/t18-/m1/s1. The van der Waals surface area contributed by atoms with Crippen molar-refractivity contribution in [3.8, 4) is 5.75 Å². The molecule has 1 atom stereocenters. The minimum absolute atomic E-state index is 0.181. The third kappa shape index (κ3) is 3.83. The molecule has 0 fully saturated rings. The van der Waals surface area contributed by atoms with Crippen molar-refractivity contribution in [1.82, 2.24) is 0 Å². The van der Waals surface area contributed by atoms with Gasteiger partial charge in [0.1, 0.15) is 5.75 Å². The lowest BCUT2D eigenvalue weighted by Crippen LogP contribution is -2.36. The van der Waals surface area contributed by atoms with Gasteiger partial charge in [-0.3, -0.25) is 9.10 Å². The molecule has 1 heterocycles. The molecule has 138 valence electrons. The number of ether oxygens (including phenoxy) is 1. The third-order valence-electron chi connectivity index (χ3n) is 4.34. The monoisotopic (exact) mass is 374 g/mol. The number of para-hydroxylation sites is 2. The first-order chi connectivity index (χ1) is 12.3. The molecule has 0 unspecified atom stereocenters. The third-order valence-corrected chi connectivity index (χ3v) is 5.52. The van der Waals surface area contributed by atoms with E-state index in [1.807, 2.05) is 32.0 Å². The molecule has 1 aliphatic heterocycles. The van der Waals surface area contributed by atoms with Gasteiger partial charge in [0.2, 0.25) is 10.0 Å². The topological polar surface area (TPSA) is 75.7 Å². The number of benzene rings is 2. The summed E-state index contributed by atoms with van der Waals surface area (Å²) in [5.41, 5.74) is 3.19. The summed E-state index contributed by atoms with van der Waals surface area (Å²) in [5.74, 6) is 0.0976. The molecule has 26 heavy (non-hydrogen) atoms. The van der Waals surface area contributed by atoms with E-state index in [1.54, 1.807) is 24.3 Å². The predicted octanol–water partition coefficient (Wildman–Crippen LogP) is 2.86. The van der Waals surface area contributed by atoms with Crippen molar-refractivity contribution in [2.45, 2.75) is 26.4 Å². The van der Waals surface area contributed by atoms with Gasteiger partial charge in [-0.05, 0) is 43.2 Å². The van der Waals surface area contributed by atoms with Crippen molar-refractivity contribution in [3.05, 3.63) is 53.6 Å². The van der Waals surface area contributed by atoms with Crippen molar-refractivity contribution < 1.29 is 17.9 Å². The smallest absolute Gasteiger partial charge is 0.265 e. The zero-order valence-corrected chi connectivity index (χ0v) is 15.8. The van der Waals surface area contributed by atoms with Gasteiger partial charge in [-0.15, -0.1) is 0 Å². The van der Waals surface area contributed by atoms with Crippen molar-refractivity contribution in [2.75, 3.05) is 22.4 Å². The second-order valence-corrected chi connectivity index (χ2v) is 8.41. The van der Waals surface area contributed by atoms with Gasteiger partial charge < -0.3 is 10.1 Å². The Labute approximate surface area is 153 Å². The summed E-state index contributed by atoms with van der Waals surface area (Å²) >= 11 is 0. The maximum Gasteiger partial charge on any atom is 0.265 e. The first kappa shape index (κ1) is 18.3. The summed E-state index contributed by atoms with van der Waals surface area (Å²) < 4.78 is 31.4. The number of fused-ring (bicyclic) bond motifs is 1. The Morgan fingerprint density at radius 2 is 1.92 bits per heavy atom. The highest BCUT2D eigenvalue weighted by Crippen LogP contribution is 2.34. The van der Waals surface area contributed by atoms with Crippen LogP contribution in [0, 0.1) is 13.8 Å². The summed E-state index contributed by atoms with van der Waals surface area (Å²) in [4.78, 5) is 12.7. The zero-order valence-electron chi connectivity index (χ0n) is 15.0. The minimum Gasteiger partial charge on any atom is -0.478 e. The molecule has 1 amide bonds. The second-order valence-electron chi connectivity index (χ2n) is 6.51. The van der Waals surface area contributed by atoms with Crippen LogP contribution in [0.4, 0.5) is 11.4 Å². The molecule has 0 bridgehead atoms. The Balaban J connectivity index is 1.87. The van der Waals surface area contributed by atoms with E-state index in [2.05, 4.69) is 5.32 Å². The zero-order chi connectivity index (χ0) is 18.9. The number of carbonyl (C=O) groups excluding carboxylic acids is 1. The molecule has 1 aliphatic rings. The van der Waals surface area contributed by atoms with Crippen LogP contribution in [-0.4, -0.2) is 33.2 Å². The van der Waals surface area contributed by atoms with Crippen molar-refractivity contribution in [1.29, 1.82) is 0 Å². The number of anilines is 2. The highest BCUT2D eigenvalue weighted by Gasteiger charge is 2.31. The molecular formula is C19H22N2O4S. The van der Waals surface area contributed by atoms with E-state index in [0.29, 0.717) is 11.4 Å². The molecule has 0 aromatic heterocycles. The largest absolute Gasteiger partial charge is 0.478 e. The van der Waals surface area contributed by atoms with Crippen LogP contribution >= 0.6 is 0 Å². The molecule has 2 aromatic rings. The number of nitrogens with one attached hydrogen (secondary N) is 1. The van der Waals surface area contributed by atoms with Crippen LogP contribution in [0.25, 0.3) is 0 Å². The number of sulfonamides is 1. The Hall–Kier alpha value is -2.54. The Morgan fingerprint density at radius 3 is 2.65 bits per heavy atom. The number of hydrogen-bond donors (Lipinski definition) is 1. The number of aryl methyl sites for hydroxylation is 2. The lowest BCUT2D eigenvalue weighted by molar-refractivity contribution is -0.122. The fraction of sp³-hybridized carbons (Fsp3) is 0.316. The highest BCUT2D eigenvalue weighted by atomic mass is 32.2. The fourth-order valence-electron chi connectivity index (χ4n) is 2.94. The van der Waals surface area contributed by atoms with E-state index in [1.165, 1.54) is 4.31 Å². The SMILES string of the molecule is Cc1ccc(C)c(NC(=O)[C@H]2CCN(S(C)(=O)=O)c3ccccc3O2)c1. The average Bonchev–Trinajstić information content (AvgIpc) is 2.77. The number of hydrogen-bond acceptors (Lipinski definition) is 4. The molecule has 0 saturated carbocycles. The second kappa shape index (κ2) is 6.99. The quantitative estimate of drug-likeness (QED) is 0.896. The fourth-order valence-corrected chi connectivity index (χ4v) is 3.89. The van der Waals surface area contributed by atoms with Gasteiger partial charge in [0.15, 0.2) is 6.10 Å². The van der Waals surface area contributed by atoms with E-state index in [4.69, 9.17) is 4.74 Å².